The number of carboxylic acid groups (broad SMARTS) is 1. The number of carbonyl (C=O) groups excluding carboxylic acids is 2. The number of aliphatic hydroxyl groups is 1. The van der Waals surface area contributed by atoms with Gasteiger partial charge in [0.1, 0.15) is 6.04 Å². The molecule has 4 saturated carbocycles. The number of aliphatic hydroxyl groups excluding tert-OH is 1. The molecular formula is C40H57NO5. The number of amides is 1. The number of hydrogen-bond donors (Lipinski definition) is 3. The van der Waals surface area contributed by atoms with Crippen molar-refractivity contribution < 1.29 is 24.6 Å². The van der Waals surface area contributed by atoms with Crippen LogP contribution in [-0.2, 0) is 20.8 Å². The minimum Gasteiger partial charge on any atom is -0.480 e. The predicted octanol–water partition coefficient (Wildman–Crippen LogP) is 7.39. The minimum atomic E-state index is -1.03. The summed E-state index contributed by atoms with van der Waals surface area (Å²) in [6, 6.07) is 8.45. The SMILES string of the molecule is C[C@H]1C[C@@]2(C)CC[C@](C)(C(=O)N[C@H](Cc3ccccc3)C(=O)O)C[C@@]2(C)C2=CC(=O)[C@@H]3[C@@](C)(CC[C@@H]4C(C)(C)[C@@H](O)CC[C@]34C)[C@H]21. The molecule has 3 N–H and O–H groups in total. The second-order valence-corrected chi connectivity index (χ2v) is 18.3. The summed E-state index contributed by atoms with van der Waals surface area (Å²) in [5.74, 6) is -0.110. The maximum atomic E-state index is 14.7. The smallest absolute Gasteiger partial charge is 0.326 e. The zero-order valence-electron chi connectivity index (χ0n) is 29.4. The van der Waals surface area contributed by atoms with Crippen LogP contribution in [0.1, 0.15) is 112 Å². The average Bonchev–Trinajstić information content (AvgIpc) is 2.96. The summed E-state index contributed by atoms with van der Waals surface area (Å²) in [6.45, 7) is 18.2. The number of nitrogens with one attached hydrogen (secondary N) is 1. The fourth-order valence-corrected chi connectivity index (χ4v) is 12.7. The molecule has 5 aliphatic carbocycles. The summed E-state index contributed by atoms with van der Waals surface area (Å²) in [4.78, 5) is 41.1. The third-order valence-electron chi connectivity index (χ3n) is 15.1. The van der Waals surface area contributed by atoms with Crippen LogP contribution in [0.15, 0.2) is 42.0 Å². The van der Waals surface area contributed by atoms with Crippen molar-refractivity contribution in [3.8, 4) is 0 Å². The number of carboxylic acids is 1. The maximum Gasteiger partial charge on any atom is 0.326 e. The van der Waals surface area contributed by atoms with Gasteiger partial charge in [0.25, 0.3) is 0 Å². The van der Waals surface area contributed by atoms with Gasteiger partial charge in [-0.05, 0) is 108 Å². The Morgan fingerprint density at radius 3 is 2.24 bits per heavy atom. The van der Waals surface area contributed by atoms with Crippen molar-refractivity contribution in [2.75, 3.05) is 0 Å². The molecule has 1 amide bonds. The third kappa shape index (κ3) is 4.70. The molecule has 0 heterocycles. The molecule has 6 rings (SSSR count). The van der Waals surface area contributed by atoms with Crippen LogP contribution >= 0.6 is 0 Å². The molecule has 0 bridgehead atoms. The van der Waals surface area contributed by atoms with Crippen LogP contribution < -0.4 is 5.32 Å². The molecule has 1 aromatic carbocycles. The van der Waals surface area contributed by atoms with E-state index in [1.165, 1.54) is 5.57 Å². The predicted molar refractivity (Wildman–Crippen MR) is 180 cm³/mol. The van der Waals surface area contributed by atoms with Gasteiger partial charge in [-0.3, -0.25) is 9.59 Å². The van der Waals surface area contributed by atoms with Crippen LogP contribution in [0, 0.1) is 56.2 Å². The number of aliphatic carboxylic acids is 1. The minimum absolute atomic E-state index is 0.0632. The first-order valence-corrected chi connectivity index (χ1v) is 17.8. The number of allylic oxidation sites excluding steroid dienone is 2. The van der Waals surface area contributed by atoms with E-state index in [0.717, 1.165) is 44.1 Å². The highest BCUT2D eigenvalue weighted by Gasteiger charge is 2.70. The standard InChI is InChI=1S/C40H57NO5/c1-24-22-37(5)19-18-36(4,34(46)41-27(33(44)45)20-25-12-10-9-11-13-25)23-40(37,8)26-21-28(42)32-38(6)17-15-30(43)35(2,3)29(38)14-16-39(32,7)31(24)26/h9-13,21,24,27,29-32,43H,14-20,22-23H2,1-8H3,(H,41,46)(H,44,45)/t24-,27+,29+,30-,31-,32-,36-,37+,38-,39-,40-/m0/s1. The first-order valence-electron chi connectivity index (χ1n) is 17.8. The zero-order valence-corrected chi connectivity index (χ0v) is 29.4. The number of ketones is 1. The number of hydrogen-bond acceptors (Lipinski definition) is 4. The van der Waals surface area contributed by atoms with E-state index in [0.29, 0.717) is 24.7 Å². The lowest BCUT2D eigenvalue weighted by molar-refractivity contribution is -0.197. The molecule has 4 fully saturated rings. The maximum absolute atomic E-state index is 14.7. The van der Waals surface area contributed by atoms with E-state index in [2.05, 4.69) is 53.8 Å². The molecule has 46 heavy (non-hydrogen) atoms. The summed E-state index contributed by atoms with van der Waals surface area (Å²) in [7, 11) is 0. The fourth-order valence-electron chi connectivity index (χ4n) is 12.7. The van der Waals surface area contributed by atoms with E-state index >= 15 is 0 Å². The molecule has 0 spiro atoms. The van der Waals surface area contributed by atoms with E-state index in [-0.39, 0.29) is 63.1 Å². The van der Waals surface area contributed by atoms with Crippen molar-refractivity contribution in [2.45, 2.75) is 125 Å². The Hall–Kier alpha value is -2.47. The van der Waals surface area contributed by atoms with Gasteiger partial charge in [-0.15, -0.1) is 0 Å². The highest BCUT2D eigenvalue weighted by molar-refractivity contribution is 5.95. The van der Waals surface area contributed by atoms with Crippen LogP contribution in [0.25, 0.3) is 0 Å². The topological polar surface area (TPSA) is 104 Å². The van der Waals surface area contributed by atoms with E-state index in [4.69, 9.17) is 0 Å². The largest absolute Gasteiger partial charge is 0.480 e. The Bertz CT molecular complexity index is 1450. The highest BCUT2D eigenvalue weighted by Crippen LogP contribution is 2.75. The summed E-state index contributed by atoms with van der Waals surface area (Å²) in [5.41, 5.74) is 0.360. The summed E-state index contributed by atoms with van der Waals surface area (Å²) in [6.07, 6.45) is 8.73. The van der Waals surface area contributed by atoms with Crippen LogP contribution in [0.2, 0.25) is 0 Å². The normalized spacial score (nSPS) is 45.2. The molecular weight excluding hydrogens is 574 g/mol. The fraction of sp³-hybridized carbons (Fsp3) is 0.725. The number of carbonyl (C=O) groups is 3. The van der Waals surface area contributed by atoms with Crippen molar-refractivity contribution in [3.05, 3.63) is 47.5 Å². The van der Waals surface area contributed by atoms with Crippen molar-refractivity contribution in [3.63, 3.8) is 0 Å². The lowest BCUT2D eigenvalue weighted by Crippen LogP contribution is -2.66. The van der Waals surface area contributed by atoms with Gasteiger partial charge in [-0.2, -0.15) is 0 Å². The highest BCUT2D eigenvalue weighted by atomic mass is 16.4. The van der Waals surface area contributed by atoms with Crippen LogP contribution in [-0.4, -0.2) is 40.0 Å². The summed E-state index contributed by atoms with van der Waals surface area (Å²) < 4.78 is 0. The molecule has 6 nitrogen and oxygen atoms in total. The molecule has 1 aromatic rings. The first kappa shape index (κ1) is 33.4. The molecule has 0 unspecified atom stereocenters. The van der Waals surface area contributed by atoms with E-state index < -0.39 is 17.4 Å². The second kappa shape index (κ2) is 10.8. The Labute approximate surface area is 276 Å². The van der Waals surface area contributed by atoms with Gasteiger partial charge >= 0.3 is 5.97 Å². The monoisotopic (exact) mass is 631 g/mol. The lowest BCUT2D eigenvalue weighted by atomic mass is 9.33. The second-order valence-electron chi connectivity index (χ2n) is 18.3. The summed E-state index contributed by atoms with van der Waals surface area (Å²) in [5, 5.41) is 24.0. The van der Waals surface area contributed by atoms with Gasteiger partial charge in [0.15, 0.2) is 5.78 Å². The van der Waals surface area contributed by atoms with E-state index in [1.807, 2.05) is 43.3 Å². The molecule has 5 aliphatic rings. The lowest BCUT2D eigenvalue weighted by Gasteiger charge is -2.70. The third-order valence-corrected chi connectivity index (χ3v) is 15.1. The quantitative estimate of drug-likeness (QED) is 0.315. The van der Waals surface area contributed by atoms with Gasteiger partial charge in [-0.1, -0.05) is 91.3 Å². The van der Waals surface area contributed by atoms with Crippen molar-refractivity contribution in [1.29, 1.82) is 0 Å². The molecule has 11 atom stereocenters. The van der Waals surface area contributed by atoms with E-state index in [1.54, 1.807) is 0 Å². The van der Waals surface area contributed by atoms with Crippen molar-refractivity contribution in [1.82, 2.24) is 5.32 Å². The van der Waals surface area contributed by atoms with Gasteiger partial charge in [0.2, 0.25) is 5.91 Å². The van der Waals surface area contributed by atoms with Crippen molar-refractivity contribution >= 4 is 17.7 Å². The number of rotatable bonds is 5. The summed E-state index contributed by atoms with van der Waals surface area (Å²) >= 11 is 0. The Balaban J connectivity index is 1.35. The molecule has 0 saturated heterocycles. The number of benzene rings is 1. The average molecular weight is 632 g/mol. The van der Waals surface area contributed by atoms with Gasteiger partial charge in [0.05, 0.1) is 6.10 Å². The van der Waals surface area contributed by atoms with Gasteiger partial charge in [0, 0.05) is 17.8 Å². The molecule has 0 aliphatic heterocycles. The number of fused-ring (bicyclic) bond motifs is 7. The molecule has 0 aromatic heterocycles. The zero-order chi connectivity index (χ0) is 33.7. The van der Waals surface area contributed by atoms with Crippen LogP contribution in [0.5, 0.6) is 0 Å². The molecule has 6 heteroatoms. The van der Waals surface area contributed by atoms with E-state index in [9.17, 15) is 24.6 Å². The molecule has 252 valence electrons. The van der Waals surface area contributed by atoms with Gasteiger partial charge < -0.3 is 15.5 Å². The first-order chi connectivity index (χ1) is 21.3. The molecule has 0 radical (unpaired) electrons. The van der Waals surface area contributed by atoms with Crippen molar-refractivity contribution in [2.24, 2.45) is 56.2 Å². The van der Waals surface area contributed by atoms with Crippen LogP contribution in [0.4, 0.5) is 0 Å². The Kier molecular flexibility index (Phi) is 7.83. The van der Waals surface area contributed by atoms with Crippen LogP contribution in [0.3, 0.4) is 0 Å². The Morgan fingerprint density at radius 2 is 1.59 bits per heavy atom. The Morgan fingerprint density at radius 1 is 0.935 bits per heavy atom. The van der Waals surface area contributed by atoms with Gasteiger partial charge in [-0.25, -0.2) is 4.79 Å².